The van der Waals surface area contributed by atoms with E-state index in [9.17, 15) is 9.59 Å². The standard InChI is InChI=1S/C24H29ClN4O2/c1-6-28-22(27-21-12-9-18(25)13-20(21)23(28)30)17(5)29(14-15(2)3)24(31)26-19-10-7-16(4)8-11-19/h7-13,15,17H,6,14H2,1-5H3,(H,26,31). The first-order valence-corrected chi connectivity index (χ1v) is 10.9. The van der Waals surface area contributed by atoms with E-state index in [4.69, 9.17) is 16.6 Å². The Kier molecular flexibility index (Phi) is 7.01. The molecule has 0 saturated carbocycles. The van der Waals surface area contributed by atoms with Gasteiger partial charge in [-0.3, -0.25) is 9.36 Å². The average Bonchev–Trinajstić information content (AvgIpc) is 2.73. The molecule has 7 heteroatoms. The number of carbonyl (C=O) groups excluding carboxylic acids is 1. The van der Waals surface area contributed by atoms with Gasteiger partial charge in [0, 0.05) is 23.8 Å². The summed E-state index contributed by atoms with van der Waals surface area (Å²) in [6.07, 6.45) is 0. The Balaban J connectivity index is 2.02. The summed E-state index contributed by atoms with van der Waals surface area (Å²) < 4.78 is 1.62. The zero-order valence-corrected chi connectivity index (χ0v) is 19.4. The number of fused-ring (bicyclic) bond motifs is 1. The highest BCUT2D eigenvalue weighted by molar-refractivity contribution is 6.31. The predicted molar refractivity (Wildman–Crippen MR) is 127 cm³/mol. The highest BCUT2D eigenvalue weighted by Crippen LogP contribution is 2.24. The van der Waals surface area contributed by atoms with Gasteiger partial charge in [-0.05, 0) is 57.0 Å². The summed E-state index contributed by atoms with van der Waals surface area (Å²) >= 11 is 6.09. The van der Waals surface area contributed by atoms with Crippen molar-refractivity contribution in [3.8, 4) is 0 Å². The van der Waals surface area contributed by atoms with Crippen molar-refractivity contribution in [2.24, 2.45) is 5.92 Å². The third-order valence-electron chi connectivity index (χ3n) is 5.23. The number of aryl methyl sites for hydroxylation is 1. The fraction of sp³-hybridized carbons (Fsp3) is 0.375. The summed E-state index contributed by atoms with van der Waals surface area (Å²) in [6, 6.07) is 12.1. The SMILES string of the molecule is CCn1c(C(C)N(CC(C)C)C(=O)Nc2ccc(C)cc2)nc2ccc(Cl)cc2c1=O. The van der Waals surface area contributed by atoms with Crippen molar-refractivity contribution in [1.82, 2.24) is 14.5 Å². The quantitative estimate of drug-likeness (QED) is 0.540. The molecule has 164 valence electrons. The molecule has 0 saturated heterocycles. The highest BCUT2D eigenvalue weighted by atomic mass is 35.5. The van der Waals surface area contributed by atoms with Crippen molar-refractivity contribution >= 4 is 34.2 Å². The normalized spacial score (nSPS) is 12.2. The van der Waals surface area contributed by atoms with Crippen LogP contribution in [-0.2, 0) is 6.54 Å². The molecule has 6 nitrogen and oxygen atoms in total. The first-order chi connectivity index (χ1) is 14.7. The van der Waals surface area contributed by atoms with Crippen LogP contribution in [0.1, 0.15) is 45.1 Å². The topological polar surface area (TPSA) is 67.2 Å². The monoisotopic (exact) mass is 440 g/mol. The second kappa shape index (κ2) is 9.52. The molecule has 0 aliphatic heterocycles. The number of aromatic nitrogens is 2. The van der Waals surface area contributed by atoms with E-state index in [1.807, 2.05) is 45.0 Å². The van der Waals surface area contributed by atoms with Crippen LogP contribution in [0.25, 0.3) is 10.9 Å². The minimum atomic E-state index is -0.402. The van der Waals surface area contributed by atoms with Gasteiger partial charge in [0.05, 0.1) is 16.9 Å². The summed E-state index contributed by atoms with van der Waals surface area (Å²) in [6.45, 7) is 10.9. The van der Waals surface area contributed by atoms with Crippen LogP contribution < -0.4 is 10.9 Å². The van der Waals surface area contributed by atoms with Crippen molar-refractivity contribution in [1.29, 1.82) is 0 Å². The predicted octanol–water partition coefficient (Wildman–Crippen LogP) is 5.63. The molecule has 1 heterocycles. The molecule has 2 amide bonds. The van der Waals surface area contributed by atoms with E-state index >= 15 is 0 Å². The van der Waals surface area contributed by atoms with E-state index in [-0.39, 0.29) is 17.5 Å². The van der Waals surface area contributed by atoms with Gasteiger partial charge < -0.3 is 10.2 Å². The zero-order valence-electron chi connectivity index (χ0n) is 18.6. The minimum absolute atomic E-state index is 0.153. The molecule has 0 aliphatic rings. The fourth-order valence-corrected chi connectivity index (χ4v) is 3.79. The molecule has 1 N–H and O–H groups in total. The van der Waals surface area contributed by atoms with Gasteiger partial charge in [0.15, 0.2) is 0 Å². The number of hydrogen-bond acceptors (Lipinski definition) is 3. The Morgan fingerprint density at radius 1 is 1.16 bits per heavy atom. The maximum atomic E-state index is 13.2. The average molecular weight is 441 g/mol. The number of nitrogens with one attached hydrogen (secondary N) is 1. The van der Waals surface area contributed by atoms with Gasteiger partial charge >= 0.3 is 6.03 Å². The lowest BCUT2D eigenvalue weighted by Gasteiger charge is -2.31. The molecule has 0 radical (unpaired) electrons. The van der Waals surface area contributed by atoms with Crippen LogP contribution in [0.5, 0.6) is 0 Å². The molecule has 0 bridgehead atoms. The van der Waals surface area contributed by atoms with E-state index in [2.05, 4.69) is 19.2 Å². The van der Waals surface area contributed by atoms with Crippen LogP contribution in [0.3, 0.4) is 0 Å². The Labute approximate surface area is 187 Å². The number of nitrogens with zero attached hydrogens (tertiary/aromatic N) is 3. The van der Waals surface area contributed by atoms with Gasteiger partial charge in [-0.1, -0.05) is 43.1 Å². The number of amides is 2. The van der Waals surface area contributed by atoms with Crippen molar-refractivity contribution in [2.75, 3.05) is 11.9 Å². The molecule has 1 atom stereocenters. The van der Waals surface area contributed by atoms with E-state index in [1.54, 1.807) is 27.7 Å². The molecule has 3 aromatic rings. The van der Waals surface area contributed by atoms with Crippen LogP contribution >= 0.6 is 11.6 Å². The first kappa shape index (κ1) is 22.8. The van der Waals surface area contributed by atoms with Crippen molar-refractivity contribution in [3.05, 3.63) is 69.2 Å². The Bertz CT molecular complexity index is 1140. The maximum absolute atomic E-state index is 13.2. The molecule has 1 unspecified atom stereocenters. The van der Waals surface area contributed by atoms with Gasteiger partial charge in [-0.15, -0.1) is 0 Å². The third-order valence-corrected chi connectivity index (χ3v) is 5.46. The number of benzene rings is 2. The van der Waals surface area contributed by atoms with Gasteiger partial charge in [0.2, 0.25) is 0 Å². The minimum Gasteiger partial charge on any atom is -0.314 e. The second-order valence-corrected chi connectivity index (χ2v) is 8.64. The highest BCUT2D eigenvalue weighted by Gasteiger charge is 2.27. The maximum Gasteiger partial charge on any atom is 0.322 e. The number of anilines is 1. The largest absolute Gasteiger partial charge is 0.322 e. The molecule has 0 spiro atoms. The van der Waals surface area contributed by atoms with Crippen molar-refractivity contribution in [3.63, 3.8) is 0 Å². The number of urea groups is 1. The lowest BCUT2D eigenvalue weighted by atomic mass is 10.1. The second-order valence-electron chi connectivity index (χ2n) is 8.20. The zero-order chi connectivity index (χ0) is 22.7. The van der Waals surface area contributed by atoms with Crippen LogP contribution in [-0.4, -0.2) is 27.0 Å². The molecule has 0 fully saturated rings. The Morgan fingerprint density at radius 3 is 2.45 bits per heavy atom. The molecule has 1 aromatic heterocycles. The molecular weight excluding hydrogens is 412 g/mol. The van der Waals surface area contributed by atoms with E-state index in [1.165, 1.54) is 0 Å². The van der Waals surface area contributed by atoms with Crippen LogP contribution in [0, 0.1) is 12.8 Å². The van der Waals surface area contributed by atoms with Crippen LogP contribution in [0.4, 0.5) is 10.5 Å². The first-order valence-electron chi connectivity index (χ1n) is 10.6. The molecule has 3 rings (SSSR count). The summed E-state index contributed by atoms with van der Waals surface area (Å²) in [7, 11) is 0. The lowest BCUT2D eigenvalue weighted by Crippen LogP contribution is -2.42. The van der Waals surface area contributed by atoms with Crippen LogP contribution in [0.2, 0.25) is 5.02 Å². The Hall–Kier alpha value is -2.86. The summed E-state index contributed by atoms with van der Waals surface area (Å²) in [5, 5.41) is 3.95. The smallest absolute Gasteiger partial charge is 0.314 e. The molecular formula is C24H29ClN4O2. The molecule has 2 aromatic carbocycles. The summed E-state index contributed by atoms with van der Waals surface area (Å²) in [5.41, 5.74) is 2.27. The Morgan fingerprint density at radius 2 is 1.84 bits per heavy atom. The number of carbonyl (C=O) groups is 1. The molecule has 0 aliphatic carbocycles. The van der Waals surface area contributed by atoms with Crippen molar-refractivity contribution < 1.29 is 4.79 Å². The van der Waals surface area contributed by atoms with E-state index in [0.29, 0.717) is 34.8 Å². The molecule has 31 heavy (non-hydrogen) atoms. The third kappa shape index (κ3) is 5.07. The van der Waals surface area contributed by atoms with Crippen LogP contribution in [0.15, 0.2) is 47.3 Å². The van der Waals surface area contributed by atoms with Gasteiger partial charge in [0.1, 0.15) is 5.82 Å². The van der Waals surface area contributed by atoms with Gasteiger partial charge in [0.25, 0.3) is 5.56 Å². The van der Waals surface area contributed by atoms with E-state index < -0.39 is 6.04 Å². The fourth-order valence-electron chi connectivity index (χ4n) is 3.62. The number of hydrogen-bond donors (Lipinski definition) is 1. The number of halogens is 1. The summed E-state index contributed by atoms with van der Waals surface area (Å²) in [4.78, 5) is 32.8. The lowest BCUT2D eigenvalue weighted by molar-refractivity contribution is 0.178. The van der Waals surface area contributed by atoms with Gasteiger partial charge in [-0.25, -0.2) is 9.78 Å². The van der Waals surface area contributed by atoms with Gasteiger partial charge in [-0.2, -0.15) is 0 Å². The number of rotatable bonds is 6. The van der Waals surface area contributed by atoms with E-state index in [0.717, 1.165) is 11.3 Å². The summed E-state index contributed by atoms with van der Waals surface area (Å²) in [5.74, 6) is 0.800. The van der Waals surface area contributed by atoms with Crippen molar-refractivity contribution in [2.45, 2.75) is 47.2 Å².